The van der Waals surface area contributed by atoms with Crippen molar-refractivity contribution < 1.29 is 4.42 Å². The molecule has 18 heavy (non-hydrogen) atoms. The Labute approximate surface area is 108 Å². The predicted octanol–water partition coefficient (Wildman–Crippen LogP) is 2.61. The Hall–Kier alpha value is -1.55. The number of furan rings is 1. The van der Waals surface area contributed by atoms with Crippen LogP contribution in [0.5, 0.6) is 0 Å². The van der Waals surface area contributed by atoms with Crippen LogP contribution < -0.4 is 5.32 Å². The monoisotopic (exact) mass is 247 g/mol. The Morgan fingerprint density at radius 3 is 2.94 bits per heavy atom. The molecule has 1 atom stereocenters. The van der Waals surface area contributed by atoms with Gasteiger partial charge in [-0.25, -0.2) is 0 Å². The first-order valence-electron chi connectivity index (χ1n) is 6.50. The highest BCUT2D eigenvalue weighted by Gasteiger charge is 2.09. The average molecular weight is 247 g/mol. The first kappa shape index (κ1) is 12.9. The lowest BCUT2D eigenvalue weighted by Crippen LogP contribution is -2.28. The molecule has 2 aromatic heterocycles. The maximum absolute atomic E-state index is 5.84. The molecule has 4 heteroatoms. The van der Waals surface area contributed by atoms with E-state index in [0.29, 0.717) is 6.04 Å². The summed E-state index contributed by atoms with van der Waals surface area (Å²) in [6.07, 6.45) is 5.85. The van der Waals surface area contributed by atoms with E-state index in [1.54, 1.807) is 4.68 Å². The lowest BCUT2D eigenvalue weighted by Gasteiger charge is -2.10. The molecule has 2 rings (SSSR count). The van der Waals surface area contributed by atoms with Gasteiger partial charge in [0.25, 0.3) is 0 Å². The van der Waals surface area contributed by atoms with Crippen LogP contribution in [0.4, 0.5) is 0 Å². The SMILES string of the molecule is CCCNC(C)Cc1ccc(-c2cnn(C)c2)o1. The summed E-state index contributed by atoms with van der Waals surface area (Å²) in [7, 11) is 1.91. The van der Waals surface area contributed by atoms with E-state index in [4.69, 9.17) is 4.42 Å². The maximum Gasteiger partial charge on any atom is 0.137 e. The van der Waals surface area contributed by atoms with Gasteiger partial charge in [-0.15, -0.1) is 0 Å². The number of aromatic nitrogens is 2. The highest BCUT2D eigenvalue weighted by molar-refractivity contribution is 5.55. The highest BCUT2D eigenvalue weighted by Crippen LogP contribution is 2.21. The van der Waals surface area contributed by atoms with Crippen molar-refractivity contribution in [3.8, 4) is 11.3 Å². The van der Waals surface area contributed by atoms with Crippen LogP contribution in [0, 0.1) is 0 Å². The van der Waals surface area contributed by atoms with E-state index >= 15 is 0 Å². The third kappa shape index (κ3) is 3.23. The molecule has 2 aromatic rings. The van der Waals surface area contributed by atoms with Crippen molar-refractivity contribution in [3.63, 3.8) is 0 Å². The van der Waals surface area contributed by atoms with Crippen LogP contribution in [0.3, 0.4) is 0 Å². The number of nitrogens with zero attached hydrogens (tertiary/aromatic N) is 2. The van der Waals surface area contributed by atoms with E-state index in [1.807, 2.05) is 31.6 Å². The van der Waals surface area contributed by atoms with Crippen molar-refractivity contribution in [2.45, 2.75) is 32.7 Å². The fourth-order valence-corrected chi connectivity index (χ4v) is 1.96. The molecule has 0 radical (unpaired) electrons. The van der Waals surface area contributed by atoms with Gasteiger partial charge in [-0.05, 0) is 32.0 Å². The van der Waals surface area contributed by atoms with Crippen molar-refractivity contribution in [2.24, 2.45) is 7.05 Å². The molecule has 0 amide bonds. The highest BCUT2D eigenvalue weighted by atomic mass is 16.3. The summed E-state index contributed by atoms with van der Waals surface area (Å²) < 4.78 is 7.62. The zero-order valence-electron chi connectivity index (χ0n) is 11.3. The van der Waals surface area contributed by atoms with Crippen molar-refractivity contribution in [2.75, 3.05) is 6.54 Å². The Morgan fingerprint density at radius 1 is 1.44 bits per heavy atom. The Kier molecular flexibility index (Phi) is 4.20. The van der Waals surface area contributed by atoms with Gasteiger partial charge in [0.2, 0.25) is 0 Å². The van der Waals surface area contributed by atoms with Crippen LogP contribution in [0.25, 0.3) is 11.3 Å². The van der Waals surface area contributed by atoms with Gasteiger partial charge in [-0.3, -0.25) is 4.68 Å². The molecule has 0 saturated heterocycles. The summed E-state index contributed by atoms with van der Waals surface area (Å²) in [4.78, 5) is 0. The predicted molar refractivity (Wildman–Crippen MR) is 72.4 cm³/mol. The summed E-state index contributed by atoms with van der Waals surface area (Å²) in [5, 5.41) is 7.61. The lowest BCUT2D eigenvalue weighted by molar-refractivity contribution is 0.464. The molecule has 4 nitrogen and oxygen atoms in total. The second kappa shape index (κ2) is 5.87. The molecule has 0 spiro atoms. The summed E-state index contributed by atoms with van der Waals surface area (Å²) in [6.45, 7) is 5.41. The number of aryl methyl sites for hydroxylation is 1. The van der Waals surface area contributed by atoms with E-state index in [1.165, 1.54) is 0 Å². The first-order valence-corrected chi connectivity index (χ1v) is 6.50. The smallest absolute Gasteiger partial charge is 0.137 e. The van der Waals surface area contributed by atoms with Crippen molar-refractivity contribution >= 4 is 0 Å². The number of rotatable bonds is 6. The van der Waals surface area contributed by atoms with Crippen molar-refractivity contribution in [1.29, 1.82) is 0 Å². The molecule has 0 aliphatic heterocycles. The molecule has 0 aliphatic rings. The zero-order valence-corrected chi connectivity index (χ0v) is 11.3. The van der Waals surface area contributed by atoms with Gasteiger partial charge in [0.1, 0.15) is 11.5 Å². The molecular weight excluding hydrogens is 226 g/mol. The number of nitrogens with one attached hydrogen (secondary N) is 1. The average Bonchev–Trinajstić information content (AvgIpc) is 2.95. The summed E-state index contributed by atoms with van der Waals surface area (Å²) in [5.74, 6) is 1.91. The van der Waals surface area contributed by atoms with Crippen LogP contribution in [0.2, 0.25) is 0 Å². The van der Waals surface area contributed by atoms with Crippen LogP contribution >= 0.6 is 0 Å². The quantitative estimate of drug-likeness (QED) is 0.853. The zero-order chi connectivity index (χ0) is 13.0. The summed E-state index contributed by atoms with van der Waals surface area (Å²) >= 11 is 0. The van der Waals surface area contributed by atoms with Gasteiger partial charge in [0.15, 0.2) is 0 Å². The molecular formula is C14H21N3O. The molecule has 0 saturated carbocycles. The normalized spacial score (nSPS) is 12.8. The third-order valence-corrected chi connectivity index (χ3v) is 2.90. The van der Waals surface area contributed by atoms with Crippen LogP contribution in [-0.2, 0) is 13.5 Å². The van der Waals surface area contributed by atoms with E-state index in [-0.39, 0.29) is 0 Å². The Morgan fingerprint density at radius 2 is 2.28 bits per heavy atom. The van der Waals surface area contributed by atoms with Gasteiger partial charge >= 0.3 is 0 Å². The van der Waals surface area contributed by atoms with Gasteiger partial charge in [-0.2, -0.15) is 5.10 Å². The topological polar surface area (TPSA) is 43.0 Å². The minimum atomic E-state index is 0.442. The molecule has 98 valence electrons. The van der Waals surface area contributed by atoms with Crippen LogP contribution in [-0.4, -0.2) is 22.4 Å². The van der Waals surface area contributed by atoms with E-state index in [9.17, 15) is 0 Å². The van der Waals surface area contributed by atoms with E-state index < -0.39 is 0 Å². The fourth-order valence-electron chi connectivity index (χ4n) is 1.96. The second-order valence-corrected chi connectivity index (χ2v) is 4.73. The van der Waals surface area contributed by atoms with Gasteiger partial charge in [-0.1, -0.05) is 6.92 Å². The molecule has 0 fully saturated rings. The van der Waals surface area contributed by atoms with Crippen molar-refractivity contribution in [1.82, 2.24) is 15.1 Å². The van der Waals surface area contributed by atoms with Gasteiger partial charge in [0.05, 0.1) is 11.8 Å². The number of hydrogen-bond acceptors (Lipinski definition) is 3. The Balaban J connectivity index is 1.98. The molecule has 2 heterocycles. The minimum absolute atomic E-state index is 0.442. The number of hydrogen-bond donors (Lipinski definition) is 1. The van der Waals surface area contributed by atoms with E-state index in [0.717, 1.165) is 36.5 Å². The van der Waals surface area contributed by atoms with Crippen molar-refractivity contribution in [3.05, 3.63) is 30.3 Å². The van der Waals surface area contributed by atoms with Crippen LogP contribution in [0.15, 0.2) is 28.9 Å². The standard InChI is InChI=1S/C14H21N3O/c1-4-7-15-11(2)8-13-5-6-14(18-13)12-9-16-17(3)10-12/h5-6,9-11,15H,4,7-8H2,1-3H3. The summed E-state index contributed by atoms with van der Waals surface area (Å²) in [6, 6.07) is 4.50. The second-order valence-electron chi connectivity index (χ2n) is 4.73. The van der Waals surface area contributed by atoms with E-state index in [2.05, 4.69) is 24.3 Å². The third-order valence-electron chi connectivity index (χ3n) is 2.90. The lowest BCUT2D eigenvalue weighted by atomic mass is 10.2. The summed E-state index contributed by atoms with van der Waals surface area (Å²) in [5.41, 5.74) is 1.03. The largest absolute Gasteiger partial charge is 0.461 e. The maximum atomic E-state index is 5.84. The van der Waals surface area contributed by atoms with Crippen LogP contribution in [0.1, 0.15) is 26.0 Å². The molecule has 0 aliphatic carbocycles. The van der Waals surface area contributed by atoms with Gasteiger partial charge < -0.3 is 9.73 Å². The minimum Gasteiger partial charge on any atom is -0.461 e. The molecule has 0 bridgehead atoms. The molecule has 0 aromatic carbocycles. The fraction of sp³-hybridized carbons (Fsp3) is 0.500. The molecule has 1 N–H and O–H groups in total. The Bertz CT molecular complexity index is 487. The first-order chi connectivity index (χ1) is 8.69. The molecule has 1 unspecified atom stereocenters. The van der Waals surface area contributed by atoms with Gasteiger partial charge in [0, 0.05) is 25.7 Å².